The average Bonchev–Trinajstić information content (AvgIpc) is 2.99. The summed E-state index contributed by atoms with van der Waals surface area (Å²) < 4.78 is 10.8. The summed E-state index contributed by atoms with van der Waals surface area (Å²) in [4.78, 5) is 0. The summed E-state index contributed by atoms with van der Waals surface area (Å²) in [5.41, 5.74) is -0.727. The van der Waals surface area contributed by atoms with Crippen molar-refractivity contribution < 1.29 is 19.7 Å². The molecule has 2 N–H and O–H groups in total. The van der Waals surface area contributed by atoms with Gasteiger partial charge in [0.2, 0.25) is 0 Å². The minimum absolute atomic E-state index is 0.0121. The van der Waals surface area contributed by atoms with Gasteiger partial charge in [0.05, 0.1) is 24.4 Å². The third-order valence-corrected chi connectivity index (χ3v) is 4.15. The van der Waals surface area contributed by atoms with Gasteiger partial charge in [0.1, 0.15) is 11.7 Å². The van der Waals surface area contributed by atoms with E-state index in [4.69, 9.17) is 9.47 Å². The number of hydrogen-bond acceptors (Lipinski definition) is 4. The van der Waals surface area contributed by atoms with E-state index < -0.39 is 17.8 Å². The van der Waals surface area contributed by atoms with Crippen molar-refractivity contribution in [2.24, 2.45) is 5.92 Å². The Balaban J connectivity index is 1.83. The van der Waals surface area contributed by atoms with Crippen LogP contribution in [0.15, 0.2) is 0 Å². The molecule has 1 aliphatic carbocycles. The van der Waals surface area contributed by atoms with E-state index in [1.165, 1.54) is 0 Å². The first-order valence-corrected chi connectivity index (χ1v) is 5.15. The zero-order chi connectivity index (χ0) is 10.1. The topological polar surface area (TPSA) is 65.5 Å². The maximum Gasteiger partial charge on any atom is 0.120 e. The third kappa shape index (κ3) is 0.972. The second-order valence-corrected chi connectivity index (χ2v) is 5.17. The lowest BCUT2D eigenvalue weighted by atomic mass is 9.73. The number of aliphatic hydroxyl groups is 2. The van der Waals surface area contributed by atoms with Gasteiger partial charge in [-0.1, -0.05) is 0 Å². The minimum Gasteiger partial charge on any atom is -0.390 e. The maximum absolute atomic E-state index is 9.97. The molecule has 2 heterocycles. The molecular weight excluding hydrogens is 184 g/mol. The first kappa shape index (κ1) is 9.09. The normalized spacial score (nSPS) is 66.0. The molecule has 0 radical (unpaired) electrons. The van der Waals surface area contributed by atoms with E-state index in [0.29, 0.717) is 6.61 Å². The van der Waals surface area contributed by atoms with Crippen LogP contribution in [0.3, 0.4) is 0 Å². The van der Waals surface area contributed by atoms with Crippen molar-refractivity contribution in [1.82, 2.24) is 0 Å². The molecule has 2 aliphatic heterocycles. The molecule has 0 aromatic rings. The average molecular weight is 200 g/mol. The van der Waals surface area contributed by atoms with E-state index in [-0.39, 0.29) is 17.6 Å². The molecule has 4 heteroatoms. The number of aliphatic hydroxyl groups excluding tert-OH is 2. The van der Waals surface area contributed by atoms with Gasteiger partial charge in [-0.2, -0.15) is 0 Å². The first-order valence-electron chi connectivity index (χ1n) is 5.15. The van der Waals surface area contributed by atoms with Gasteiger partial charge >= 0.3 is 0 Å². The lowest BCUT2D eigenvalue weighted by Crippen LogP contribution is -2.52. The Kier molecular flexibility index (Phi) is 1.51. The van der Waals surface area contributed by atoms with Crippen LogP contribution in [0.25, 0.3) is 0 Å². The van der Waals surface area contributed by atoms with E-state index in [2.05, 4.69) is 0 Å². The molecule has 0 bridgehead atoms. The van der Waals surface area contributed by atoms with Crippen LogP contribution in [0, 0.1) is 5.92 Å². The predicted octanol–water partition coefficient (Wildman–Crippen LogP) is -0.326. The van der Waals surface area contributed by atoms with Crippen LogP contribution in [0.4, 0.5) is 0 Å². The fraction of sp³-hybridized carbons (Fsp3) is 1.00. The first-order chi connectivity index (χ1) is 6.47. The number of epoxide rings is 2. The molecule has 3 fully saturated rings. The molecule has 14 heavy (non-hydrogen) atoms. The molecule has 6 unspecified atom stereocenters. The van der Waals surface area contributed by atoms with Crippen LogP contribution in [0.1, 0.15) is 20.3 Å². The van der Waals surface area contributed by atoms with Gasteiger partial charge in [-0.15, -0.1) is 0 Å². The standard InChI is InChI=1S/C10H16O4/c1-9(4-13-9)5-3-6-10(2,14-6)8(12)7(5)11/h5-8,11-12H,3-4H2,1-2H3. The van der Waals surface area contributed by atoms with E-state index in [9.17, 15) is 10.2 Å². The lowest BCUT2D eigenvalue weighted by Gasteiger charge is -2.35. The Labute approximate surface area is 82.8 Å². The summed E-state index contributed by atoms with van der Waals surface area (Å²) in [6.07, 6.45) is -0.587. The zero-order valence-corrected chi connectivity index (χ0v) is 8.43. The largest absolute Gasteiger partial charge is 0.390 e. The predicted molar refractivity (Wildman–Crippen MR) is 47.8 cm³/mol. The van der Waals surface area contributed by atoms with Gasteiger partial charge in [-0.3, -0.25) is 0 Å². The maximum atomic E-state index is 9.97. The SMILES string of the molecule is CC1(C2CC3OC3(C)C(O)C2O)CO1. The van der Waals surface area contributed by atoms with Gasteiger partial charge in [-0.05, 0) is 20.3 Å². The molecule has 80 valence electrons. The Morgan fingerprint density at radius 3 is 2.50 bits per heavy atom. The van der Waals surface area contributed by atoms with Crippen molar-refractivity contribution in [3.8, 4) is 0 Å². The highest BCUT2D eigenvalue weighted by atomic mass is 16.6. The van der Waals surface area contributed by atoms with Crippen LogP contribution < -0.4 is 0 Å². The molecule has 3 aliphatic rings. The smallest absolute Gasteiger partial charge is 0.120 e. The van der Waals surface area contributed by atoms with Crippen LogP contribution in [0.2, 0.25) is 0 Å². The van der Waals surface area contributed by atoms with Crippen LogP contribution in [0.5, 0.6) is 0 Å². The van der Waals surface area contributed by atoms with Crippen LogP contribution in [-0.2, 0) is 9.47 Å². The highest BCUT2D eigenvalue weighted by molar-refractivity contribution is 5.16. The highest BCUT2D eigenvalue weighted by Gasteiger charge is 2.68. The zero-order valence-electron chi connectivity index (χ0n) is 8.43. The Bertz CT molecular complexity index is 275. The molecule has 1 saturated carbocycles. The summed E-state index contributed by atoms with van der Waals surface area (Å²) in [6.45, 7) is 4.53. The number of hydrogen-bond donors (Lipinski definition) is 2. The lowest BCUT2D eigenvalue weighted by molar-refractivity contribution is -0.0775. The van der Waals surface area contributed by atoms with Crippen LogP contribution >= 0.6 is 0 Å². The fourth-order valence-electron chi connectivity index (χ4n) is 2.68. The van der Waals surface area contributed by atoms with Crippen molar-refractivity contribution in [2.45, 2.75) is 49.8 Å². The molecular formula is C10H16O4. The van der Waals surface area contributed by atoms with E-state index in [1.54, 1.807) is 0 Å². The molecule has 6 atom stereocenters. The van der Waals surface area contributed by atoms with E-state index in [1.807, 2.05) is 13.8 Å². The summed E-state index contributed by atoms with van der Waals surface area (Å²) in [7, 11) is 0. The van der Waals surface area contributed by atoms with Crippen molar-refractivity contribution in [3.63, 3.8) is 0 Å². The van der Waals surface area contributed by atoms with E-state index in [0.717, 1.165) is 6.42 Å². The van der Waals surface area contributed by atoms with Gasteiger partial charge in [0.25, 0.3) is 0 Å². The van der Waals surface area contributed by atoms with Crippen molar-refractivity contribution in [3.05, 3.63) is 0 Å². The molecule has 4 nitrogen and oxygen atoms in total. The van der Waals surface area contributed by atoms with Crippen molar-refractivity contribution in [1.29, 1.82) is 0 Å². The third-order valence-electron chi connectivity index (χ3n) is 4.15. The Morgan fingerprint density at radius 1 is 1.29 bits per heavy atom. The Hall–Kier alpha value is -0.160. The van der Waals surface area contributed by atoms with Crippen molar-refractivity contribution >= 4 is 0 Å². The summed E-state index contributed by atoms with van der Waals surface area (Å²) in [5, 5.41) is 19.8. The van der Waals surface area contributed by atoms with Gasteiger partial charge in [0.15, 0.2) is 0 Å². The molecule has 0 amide bonds. The highest BCUT2D eigenvalue weighted by Crippen LogP contribution is 2.54. The molecule has 2 saturated heterocycles. The van der Waals surface area contributed by atoms with Gasteiger partial charge < -0.3 is 19.7 Å². The van der Waals surface area contributed by atoms with Crippen molar-refractivity contribution in [2.75, 3.05) is 6.61 Å². The molecule has 0 aromatic carbocycles. The van der Waals surface area contributed by atoms with E-state index >= 15 is 0 Å². The van der Waals surface area contributed by atoms with Gasteiger partial charge in [-0.25, -0.2) is 0 Å². The number of ether oxygens (including phenoxy) is 2. The van der Waals surface area contributed by atoms with Crippen LogP contribution in [-0.4, -0.2) is 46.3 Å². The Morgan fingerprint density at radius 2 is 1.93 bits per heavy atom. The summed E-state index contributed by atoms with van der Waals surface area (Å²) >= 11 is 0. The molecule has 0 aromatic heterocycles. The molecule has 3 rings (SSSR count). The minimum atomic E-state index is -0.771. The second-order valence-electron chi connectivity index (χ2n) is 5.17. The molecule has 0 spiro atoms. The second kappa shape index (κ2) is 2.32. The number of rotatable bonds is 1. The summed E-state index contributed by atoms with van der Waals surface area (Å²) in [6, 6.07) is 0. The van der Waals surface area contributed by atoms with Gasteiger partial charge in [0, 0.05) is 5.92 Å². The summed E-state index contributed by atoms with van der Waals surface area (Å²) in [5.74, 6) is 0.0121. The fourth-order valence-corrected chi connectivity index (χ4v) is 2.68. The monoisotopic (exact) mass is 200 g/mol. The number of fused-ring (bicyclic) bond motifs is 1. The quantitative estimate of drug-likeness (QED) is 0.569.